The second-order valence-corrected chi connectivity index (χ2v) is 4.91. The van der Waals surface area contributed by atoms with Crippen molar-refractivity contribution in [3.05, 3.63) is 35.1 Å². The van der Waals surface area contributed by atoms with E-state index in [1.165, 1.54) is 12.8 Å². The lowest BCUT2D eigenvalue weighted by atomic mass is 10.1. The molecule has 1 aliphatic rings. The van der Waals surface area contributed by atoms with Crippen LogP contribution >= 0.6 is 12.4 Å². The van der Waals surface area contributed by atoms with Crippen molar-refractivity contribution in [2.45, 2.75) is 32.4 Å². The maximum Gasteiger partial charge on any atom is 0.126 e. The van der Waals surface area contributed by atoms with Gasteiger partial charge in [-0.05, 0) is 50.6 Å². The molecule has 0 bridgehead atoms. The quantitative estimate of drug-likeness (QED) is 0.907. The van der Waals surface area contributed by atoms with Gasteiger partial charge in [-0.1, -0.05) is 12.1 Å². The van der Waals surface area contributed by atoms with Crippen LogP contribution in [0.2, 0.25) is 0 Å². The Morgan fingerprint density at radius 3 is 2.89 bits per heavy atom. The first-order valence-electron chi connectivity index (χ1n) is 6.34. The van der Waals surface area contributed by atoms with Crippen molar-refractivity contribution in [2.24, 2.45) is 0 Å². The van der Waals surface area contributed by atoms with Crippen LogP contribution in [0, 0.1) is 12.7 Å². The van der Waals surface area contributed by atoms with Crippen molar-refractivity contribution in [2.75, 3.05) is 20.1 Å². The van der Waals surface area contributed by atoms with E-state index in [1.54, 1.807) is 13.0 Å². The summed E-state index contributed by atoms with van der Waals surface area (Å²) in [6, 6.07) is 6.18. The highest BCUT2D eigenvalue weighted by atomic mass is 35.5. The summed E-state index contributed by atoms with van der Waals surface area (Å²) >= 11 is 0. The fraction of sp³-hybridized carbons (Fsp3) is 0.571. The van der Waals surface area contributed by atoms with E-state index in [0.717, 1.165) is 30.8 Å². The third kappa shape index (κ3) is 3.67. The monoisotopic (exact) mass is 272 g/mol. The smallest absolute Gasteiger partial charge is 0.126 e. The Morgan fingerprint density at radius 1 is 1.44 bits per heavy atom. The summed E-state index contributed by atoms with van der Waals surface area (Å²) in [6.07, 6.45) is 2.50. The first-order chi connectivity index (χ1) is 8.20. The van der Waals surface area contributed by atoms with Gasteiger partial charge in [-0.15, -0.1) is 12.4 Å². The van der Waals surface area contributed by atoms with Gasteiger partial charge < -0.3 is 5.32 Å². The highest BCUT2D eigenvalue weighted by molar-refractivity contribution is 5.85. The molecule has 0 aromatic heterocycles. The number of rotatable bonds is 4. The van der Waals surface area contributed by atoms with Crippen LogP contribution < -0.4 is 5.32 Å². The minimum atomic E-state index is -0.0909. The number of nitrogens with one attached hydrogen (secondary N) is 1. The number of hydrogen-bond acceptors (Lipinski definition) is 2. The molecule has 1 saturated heterocycles. The summed E-state index contributed by atoms with van der Waals surface area (Å²) in [7, 11) is 1.99. The van der Waals surface area contributed by atoms with Gasteiger partial charge in [-0.3, -0.25) is 4.90 Å². The summed E-state index contributed by atoms with van der Waals surface area (Å²) in [5.74, 6) is -0.0909. The third-order valence-corrected chi connectivity index (χ3v) is 3.56. The Hall–Kier alpha value is -0.640. The average molecular weight is 273 g/mol. The number of nitrogens with zero attached hydrogens (tertiary/aromatic N) is 1. The summed E-state index contributed by atoms with van der Waals surface area (Å²) in [5, 5.41) is 3.23. The van der Waals surface area contributed by atoms with Crippen LogP contribution in [0.1, 0.15) is 24.0 Å². The number of likely N-dealkylation sites (N-methyl/N-ethyl adjacent to an activating group) is 1. The molecule has 4 heteroatoms. The van der Waals surface area contributed by atoms with Crippen molar-refractivity contribution < 1.29 is 4.39 Å². The molecule has 1 aromatic rings. The second kappa shape index (κ2) is 7.07. The SMILES string of the molecule is CNCC1CCCN1Cc1ccc(C)c(F)c1.Cl. The molecule has 18 heavy (non-hydrogen) atoms. The molecule has 1 unspecified atom stereocenters. The molecule has 0 saturated carbocycles. The van der Waals surface area contributed by atoms with Gasteiger partial charge in [0.15, 0.2) is 0 Å². The molecule has 2 nitrogen and oxygen atoms in total. The summed E-state index contributed by atoms with van der Waals surface area (Å²) < 4.78 is 13.5. The van der Waals surface area contributed by atoms with E-state index in [0.29, 0.717) is 6.04 Å². The highest BCUT2D eigenvalue weighted by Crippen LogP contribution is 2.20. The molecule has 1 fully saturated rings. The van der Waals surface area contributed by atoms with Gasteiger partial charge in [0.05, 0.1) is 0 Å². The molecule has 1 aliphatic heterocycles. The molecule has 1 N–H and O–H groups in total. The maximum absolute atomic E-state index is 13.5. The van der Waals surface area contributed by atoms with Crippen molar-refractivity contribution in [3.63, 3.8) is 0 Å². The van der Waals surface area contributed by atoms with E-state index in [4.69, 9.17) is 0 Å². The lowest BCUT2D eigenvalue weighted by Crippen LogP contribution is -2.36. The largest absolute Gasteiger partial charge is 0.318 e. The van der Waals surface area contributed by atoms with Gasteiger partial charge in [0.1, 0.15) is 5.82 Å². The molecule has 102 valence electrons. The van der Waals surface area contributed by atoms with Gasteiger partial charge in [0, 0.05) is 19.1 Å². The Kier molecular flexibility index (Phi) is 6.06. The fourth-order valence-electron chi connectivity index (χ4n) is 2.54. The van der Waals surface area contributed by atoms with Gasteiger partial charge in [-0.2, -0.15) is 0 Å². The minimum Gasteiger partial charge on any atom is -0.318 e. The van der Waals surface area contributed by atoms with Crippen LogP contribution in [-0.4, -0.2) is 31.1 Å². The van der Waals surface area contributed by atoms with Crippen molar-refractivity contribution in [3.8, 4) is 0 Å². The summed E-state index contributed by atoms with van der Waals surface area (Å²) in [4.78, 5) is 2.45. The molecule has 1 atom stereocenters. The molecule has 2 rings (SSSR count). The highest BCUT2D eigenvalue weighted by Gasteiger charge is 2.23. The minimum absolute atomic E-state index is 0. The Bertz CT molecular complexity index is 384. The second-order valence-electron chi connectivity index (χ2n) is 4.91. The predicted octanol–water partition coefficient (Wildman–Crippen LogP) is 2.74. The molecule has 0 amide bonds. The van der Waals surface area contributed by atoms with E-state index in [-0.39, 0.29) is 18.2 Å². The fourth-order valence-corrected chi connectivity index (χ4v) is 2.54. The maximum atomic E-state index is 13.5. The average Bonchev–Trinajstić information content (AvgIpc) is 2.72. The van der Waals surface area contributed by atoms with Crippen molar-refractivity contribution in [1.82, 2.24) is 10.2 Å². The predicted molar refractivity (Wildman–Crippen MR) is 75.7 cm³/mol. The van der Waals surface area contributed by atoms with Crippen LogP contribution in [0.3, 0.4) is 0 Å². The third-order valence-electron chi connectivity index (χ3n) is 3.56. The van der Waals surface area contributed by atoms with Gasteiger partial charge >= 0.3 is 0 Å². The van der Waals surface area contributed by atoms with Crippen LogP contribution in [-0.2, 0) is 6.54 Å². The zero-order chi connectivity index (χ0) is 12.3. The van der Waals surface area contributed by atoms with Gasteiger partial charge in [0.25, 0.3) is 0 Å². The van der Waals surface area contributed by atoms with Crippen LogP contribution in [0.4, 0.5) is 4.39 Å². The lowest BCUT2D eigenvalue weighted by Gasteiger charge is -2.24. The van der Waals surface area contributed by atoms with Gasteiger partial charge in [-0.25, -0.2) is 4.39 Å². The van der Waals surface area contributed by atoms with Gasteiger partial charge in [0.2, 0.25) is 0 Å². The first-order valence-corrected chi connectivity index (χ1v) is 6.34. The zero-order valence-electron chi connectivity index (χ0n) is 11.1. The van der Waals surface area contributed by atoms with Crippen LogP contribution in [0.25, 0.3) is 0 Å². The van der Waals surface area contributed by atoms with Crippen LogP contribution in [0.5, 0.6) is 0 Å². The summed E-state index contributed by atoms with van der Waals surface area (Å²) in [6.45, 7) is 4.82. The van der Waals surface area contributed by atoms with E-state index in [9.17, 15) is 4.39 Å². The molecular formula is C14H22ClFN2. The summed E-state index contributed by atoms with van der Waals surface area (Å²) in [5.41, 5.74) is 1.80. The number of hydrogen-bond donors (Lipinski definition) is 1. The lowest BCUT2D eigenvalue weighted by molar-refractivity contribution is 0.242. The number of halogens is 2. The molecule has 0 aliphatic carbocycles. The number of likely N-dealkylation sites (tertiary alicyclic amines) is 1. The Balaban J connectivity index is 0.00000162. The Morgan fingerprint density at radius 2 is 2.22 bits per heavy atom. The van der Waals surface area contributed by atoms with E-state index in [1.807, 2.05) is 19.2 Å². The molecular weight excluding hydrogens is 251 g/mol. The normalized spacial score (nSPS) is 19.8. The molecule has 1 heterocycles. The topological polar surface area (TPSA) is 15.3 Å². The van der Waals surface area contributed by atoms with E-state index < -0.39 is 0 Å². The standard InChI is InChI=1S/C14H21FN2.ClH/c1-11-5-6-12(8-14(11)15)10-17-7-3-4-13(17)9-16-2;/h5-6,8,13,16H,3-4,7,9-10H2,1-2H3;1H. The molecule has 0 spiro atoms. The number of aryl methyl sites for hydroxylation is 1. The Labute approximate surface area is 115 Å². The van der Waals surface area contributed by atoms with E-state index >= 15 is 0 Å². The first kappa shape index (κ1) is 15.4. The number of benzene rings is 1. The van der Waals surface area contributed by atoms with Crippen molar-refractivity contribution in [1.29, 1.82) is 0 Å². The molecule has 0 radical (unpaired) electrons. The van der Waals surface area contributed by atoms with Crippen LogP contribution in [0.15, 0.2) is 18.2 Å². The van der Waals surface area contributed by atoms with Crippen molar-refractivity contribution >= 4 is 12.4 Å². The van der Waals surface area contributed by atoms with E-state index in [2.05, 4.69) is 10.2 Å². The molecule has 1 aromatic carbocycles. The zero-order valence-corrected chi connectivity index (χ0v) is 11.9.